The van der Waals surface area contributed by atoms with Gasteiger partial charge < -0.3 is 35.5 Å². The molecule has 5 N–H and O–H groups in total. The number of rotatable bonds is 11. The molecule has 1 fully saturated rings. The normalized spacial score (nSPS) is 14.8. The van der Waals surface area contributed by atoms with Gasteiger partial charge in [0.25, 0.3) is 0 Å². The SMILES string of the molecule is CCC[C@@H](CO)Nc1nc(N)nc2c3ccccc3n(Cc3cc(CNC4COC4)cnc3OC)c12. The summed E-state index contributed by atoms with van der Waals surface area (Å²) in [7, 11) is 1.63. The van der Waals surface area contributed by atoms with Gasteiger partial charge >= 0.3 is 0 Å². The van der Waals surface area contributed by atoms with Gasteiger partial charge in [-0.1, -0.05) is 31.5 Å². The Morgan fingerprint density at radius 3 is 2.83 bits per heavy atom. The molecule has 0 amide bonds. The molecule has 0 aliphatic carbocycles. The number of methoxy groups -OCH3 is 1. The van der Waals surface area contributed by atoms with Gasteiger partial charge in [-0.05, 0) is 24.1 Å². The molecule has 0 bridgehead atoms. The summed E-state index contributed by atoms with van der Waals surface area (Å²) in [6, 6.07) is 10.5. The van der Waals surface area contributed by atoms with Crippen LogP contribution < -0.4 is 21.1 Å². The molecule has 36 heavy (non-hydrogen) atoms. The maximum atomic E-state index is 9.93. The zero-order valence-corrected chi connectivity index (χ0v) is 20.7. The Morgan fingerprint density at radius 2 is 2.11 bits per heavy atom. The second-order valence-corrected chi connectivity index (χ2v) is 9.17. The molecule has 0 unspecified atom stereocenters. The maximum absolute atomic E-state index is 9.93. The third kappa shape index (κ3) is 4.79. The largest absolute Gasteiger partial charge is 0.481 e. The number of fused-ring (bicyclic) bond motifs is 3. The topological polar surface area (TPSA) is 132 Å². The Morgan fingerprint density at radius 1 is 1.28 bits per heavy atom. The van der Waals surface area contributed by atoms with Crippen molar-refractivity contribution in [3.63, 3.8) is 0 Å². The number of aromatic nitrogens is 4. The van der Waals surface area contributed by atoms with Gasteiger partial charge in [0.05, 0.1) is 51.1 Å². The van der Waals surface area contributed by atoms with E-state index < -0.39 is 0 Å². The van der Waals surface area contributed by atoms with E-state index in [2.05, 4.69) is 49.2 Å². The summed E-state index contributed by atoms with van der Waals surface area (Å²) >= 11 is 0. The number of benzene rings is 1. The summed E-state index contributed by atoms with van der Waals surface area (Å²) in [6.45, 7) is 4.77. The Kier molecular flexibility index (Phi) is 7.17. The summed E-state index contributed by atoms with van der Waals surface area (Å²) in [5.41, 5.74) is 10.7. The first-order chi connectivity index (χ1) is 17.6. The van der Waals surface area contributed by atoms with Gasteiger partial charge in [0.15, 0.2) is 5.82 Å². The van der Waals surface area contributed by atoms with E-state index in [0.29, 0.717) is 30.8 Å². The Hall–Kier alpha value is -3.47. The monoisotopic (exact) mass is 491 g/mol. The van der Waals surface area contributed by atoms with Crippen molar-refractivity contribution in [3.05, 3.63) is 47.7 Å². The second-order valence-electron chi connectivity index (χ2n) is 9.17. The first-order valence-corrected chi connectivity index (χ1v) is 12.4. The van der Waals surface area contributed by atoms with E-state index in [1.807, 2.05) is 24.4 Å². The summed E-state index contributed by atoms with van der Waals surface area (Å²) in [5, 5.41) is 17.8. The number of ether oxygens (including phenoxy) is 2. The quantitative estimate of drug-likeness (QED) is 0.250. The molecule has 0 radical (unpaired) electrons. The van der Waals surface area contributed by atoms with E-state index in [1.165, 1.54) is 0 Å². The van der Waals surface area contributed by atoms with Crippen LogP contribution in [-0.4, -0.2) is 63.6 Å². The Balaban J connectivity index is 1.60. The van der Waals surface area contributed by atoms with Crippen LogP contribution in [0.5, 0.6) is 5.88 Å². The summed E-state index contributed by atoms with van der Waals surface area (Å²) in [5.74, 6) is 1.37. The average Bonchev–Trinajstić information content (AvgIpc) is 3.16. The number of aliphatic hydroxyl groups excluding tert-OH is 1. The van der Waals surface area contributed by atoms with Gasteiger partial charge in [0, 0.05) is 23.7 Å². The standard InChI is InChI=1S/C26H33N7O3/c1-3-6-18(13-34)30-24-23-22(31-26(27)32-24)20-7-4-5-8-21(20)33(23)12-17-9-16(11-29-25(17)35-2)10-28-19-14-36-15-19/h4-5,7-9,11,18-19,28,34H,3,6,10,12-15H2,1-2H3,(H3,27,30,31,32)/t18-/m0/s1. The van der Waals surface area contributed by atoms with Crippen molar-refractivity contribution in [2.75, 3.05) is 38.0 Å². The van der Waals surface area contributed by atoms with Crippen LogP contribution in [0.3, 0.4) is 0 Å². The van der Waals surface area contributed by atoms with Crippen molar-refractivity contribution in [1.82, 2.24) is 24.8 Å². The van der Waals surface area contributed by atoms with Crippen molar-refractivity contribution in [2.24, 2.45) is 0 Å². The molecular formula is C26H33N7O3. The highest BCUT2D eigenvalue weighted by molar-refractivity contribution is 6.09. The number of nitrogens with one attached hydrogen (secondary N) is 2. The van der Waals surface area contributed by atoms with E-state index in [-0.39, 0.29) is 18.6 Å². The highest BCUT2D eigenvalue weighted by Crippen LogP contribution is 2.34. The van der Waals surface area contributed by atoms with Gasteiger partial charge in [-0.2, -0.15) is 4.98 Å². The van der Waals surface area contributed by atoms with Crippen molar-refractivity contribution >= 4 is 33.7 Å². The van der Waals surface area contributed by atoms with Gasteiger partial charge in [-0.15, -0.1) is 0 Å². The van der Waals surface area contributed by atoms with E-state index in [1.54, 1.807) is 7.11 Å². The fourth-order valence-corrected chi connectivity index (χ4v) is 4.69. The number of hydrogen-bond donors (Lipinski definition) is 4. The van der Waals surface area contributed by atoms with Crippen LogP contribution in [0.2, 0.25) is 0 Å². The molecule has 1 aromatic carbocycles. The number of hydrogen-bond acceptors (Lipinski definition) is 9. The van der Waals surface area contributed by atoms with E-state index in [0.717, 1.165) is 59.1 Å². The van der Waals surface area contributed by atoms with Crippen molar-refractivity contribution in [3.8, 4) is 5.88 Å². The summed E-state index contributed by atoms with van der Waals surface area (Å²) in [6.07, 6.45) is 3.58. The number of pyridine rings is 1. The lowest BCUT2D eigenvalue weighted by Crippen LogP contribution is -2.45. The van der Waals surface area contributed by atoms with E-state index in [9.17, 15) is 5.11 Å². The highest BCUT2D eigenvalue weighted by atomic mass is 16.5. The first-order valence-electron chi connectivity index (χ1n) is 12.4. The Labute approximate surface area is 209 Å². The molecule has 1 atom stereocenters. The molecule has 4 aromatic rings. The van der Waals surface area contributed by atoms with Crippen LogP contribution in [0.15, 0.2) is 36.5 Å². The molecule has 10 nitrogen and oxygen atoms in total. The zero-order valence-electron chi connectivity index (χ0n) is 20.7. The molecule has 190 valence electrons. The minimum absolute atomic E-state index is 0.00169. The predicted octanol–water partition coefficient (Wildman–Crippen LogP) is 2.68. The third-order valence-electron chi connectivity index (χ3n) is 6.56. The minimum atomic E-state index is -0.139. The predicted molar refractivity (Wildman–Crippen MR) is 140 cm³/mol. The molecule has 1 aliphatic rings. The zero-order chi connectivity index (χ0) is 25.1. The maximum Gasteiger partial charge on any atom is 0.222 e. The fourth-order valence-electron chi connectivity index (χ4n) is 4.69. The molecule has 0 saturated carbocycles. The van der Waals surface area contributed by atoms with Crippen LogP contribution in [0.4, 0.5) is 11.8 Å². The molecule has 5 rings (SSSR count). The molecule has 10 heteroatoms. The van der Waals surface area contributed by atoms with Crippen LogP contribution in [-0.2, 0) is 17.8 Å². The van der Waals surface area contributed by atoms with Crippen LogP contribution in [0, 0.1) is 0 Å². The van der Waals surface area contributed by atoms with Crippen LogP contribution in [0.1, 0.15) is 30.9 Å². The minimum Gasteiger partial charge on any atom is -0.481 e. The fraction of sp³-hybridized carbons (Fsp3) is 0.423. The smallest absolute Gasteiger partial charge is 0.222 e. The summed E-state index contributed by atoms with van der Waals surface area (Å²) < 4.78 is 13.1. The molecule has 4 heterocycles. The summed E-state index contributed by atoms with van der Waals surface area (Å²) in [4.78, 5) is 13.7. The van der Waals surface area contributed by atoms with Crippen molar-refractivity contribution in [1.29, 1.82) is 0 Å². The number of nitrogen functional groups attached to an aromatic ring is 1. The van der Waals surface area contributed by atoms with Crippen LogP contribution >= 0.6 is 0 Å². The lowest BCUT2D eigenvalue weighted by molar-refractivity contribution is -0.00579. The van der Waals surface area contributed by atoms with Crippen molar-refractivity contribution in [2.45, 2.75) is 44.9 Å². The van der Waals surface area contributed by atoms with Gasteiger partial charge in [-0.3, -0.25) is 0 Å². The second kappa shape index (κ2) is 10.7. The molecule has 1 aliphatic heterocycles. The number of anilines is 2. The number of nitrogens with two attached hydrogens (primary N) is 1. The average molecular weight is 492 g/mol. The molecular weight excluding hydrogens is 458 g/mol. The lowest BCUT2D eigenvalue weighted by atomic mass is 10.1. The van der Waals surface area contributed by atoms with E-state index >= 15 is 0 Å². The van der Waals surface area contributed by atoms with Gasteiger partial charge in [0.2, 0.25) is 11.8 Å². The number of aliphatic hydroxyl groups is 1. The highest BCUT2D eigenvalue weighted by Gasteiger charge is 2.21. The molecule has 3 aromatic heterocycles. The molecule has 0 spiro atoms. The number of nitrogens with zero attached hydrogens (tertiary/aromatic N) is 4. The molecule has 1 saturated heterocycles. The first kappa shape index (κ1) is 24.2. The van der Waals surface area contributed by atoms with Crippen LogP contribution in [0.25, 0.3) is 21.9 Å². The Bertz CT molecular complexity index is 1350. The van der Waals surface area contributed by atoms with Gasteiger partial charge in [0.1, 0.15) is 11.0 Å². The lowest BCUT2D eigenvalue weighted by Gasteiger charge is -2.27. The van der Waals surface area contributed by atoms with Gasteiger partial charge in [-0.25, -0.2) is 9.97 Å². The number of para-hydroxylation sites is 1. The third-order valence-corrected chi connectivity index (χ3v) is 6.56. The van der Waals surface area contributed by atoms with Crippen molar-refractivity contribution < 1.29 is 14.6 Å². The van der Waals surface area contributed by atoms with E-state index in [4.69, 9.17) is 15.2 Å².